The standard InChI is InChI=1S/C25H27N5O4/c1-28(2)16-5-3-4-15(12-16)25(26)10-11-29(14-25)17-6-7-18-19(13-17)24(34)30(23(18)33)20-8-9-21(31)27-22(20)32/h3-7,12-13,20H,8-11,14,26H2,1-2H3,(H,27,31,32). The van der Waals surface area contributed by atoms with Crippen LogP contribution in [-0.4, -0.2) is 61.8 Å². The number of carbonyl (C=O) groups is 4. The lowest BCUT2D eigenvalue weighted by Gasteiger charge is -2.28. The van der Waals surface area contributed by atoms with Crippen LogP contribution >= 0.6 is 0 Å². The zero-order valence-electron chi connectivity index (χ0n) is 19.2. The van der Waals surface area contributed by atoms with Crippen LogP contribution in [0.25, 0.3) is 0 Å². The molecular weight excluding hydrogens is 434 g/mol. The number of carbonyl (C=O) groups excluding carboxylic acids is 4. The molecule has 2 aromatic carbocycles. The minimum Gasteiger partial charge on any atom is -0.378 e. The lowest BCUT2D eigenvalue weighted by atomic mass is 9.90. The van der Waals surface area contributed by atoms with E-state index in [4.69, 9.17) is 5.73 Å². The van der Waals surface area contributed by atoms with Crippen LogP contribution in [0, 0.1) is 0 Å². The van der Waals surface area contributed by atoms with Crippen LogP contribution in [0.2, 0.25) is 0 Å². The van der Waals surface area contributed by atoms with Crippen LogP contribution in [0.15, 0.2) is 42.5 Å². The summed E-state index contributed by atoms with van der Waals surface area (Å²) in [6.45, 7) is 1.28. The molecule has 34 heavy (non-hydrogen) atoms. The van der Waals surface area contributed by atoms with Crippen molar-refractivity contribution in [2.45, 2.75) is 30.8 Å². The van der Waals surface area contributed by atoms with Crippen molar-refractivity contribution >= 4 is 35.0 Å². The lowest BCUT2D eigenvalue weighted by Crippen LogP contribution is -2.54. The maximum Gasteiger partial charge on any atom is 0.262 e. The third-order valence-electron chi connectivity index (χ3n) is 7.03. The van der Waals surface area contributed by atoms with Crippen molar-refractivity contribution in [1.29, 1.82) is 0 Å². The highest BCUT2D eigenvalue weighted by atomic mass is 16.2. The Morgan fingerprint density at radius 2 is 1.79 bits per heavy atom. The van der Waals surface area contributed by atoms with Crippen molar-refractivity contribution in [3.63, 3.8) is 0 Å². The maximum absolute atomic E-state index is 13.1. The molecule has 3 aliphatic heterocycles. The van der Waals surface area contributed by atoms with Crippen molar-refractivity contribution in [2.24, 2.45) is 5.73 Å². The fraction of sp³-hybridized carbons (Fsp3) is 0.360. The Bertz CT molecular complexity index is 1230. The summed E-state index contributed by atoms with van der Waals surface area (Å²) in [4.78, 5) is 55.0. The van der Waals surface area contributed by atoms with Crippen molar-refractivity contribution in [1.82, 2.24) is 10.2 Å². The molecular formula is C25H27N5O4. The molecule has 0 bridgehead atoms. The summed E-state index contributed by atoms with van der Waals surface area (Å²) in [5, 5.41) is 2.22. The summed E-state index contributed by atoms with van der Waals surface area (Å²) >= 11 is 0. The molecule has 3 aliphatic rings. The van der Waals surface area contributed by atoms with Gasteiger partial charge in [-0.3, -0.25) is 29.4 Å². The summed E-state index contributed by atoms with van der Waals surface area (Å²) in [6.07, 6.45) is 0.976. The monoisotopic (exact) mass is 461 g/mol. The predicted molar refractivity (Wildman–Crippen MR) is 127 cm³/mol. The Labute approximate surface area is 197 Å². The fourth-order valence-corrected chi connectivity index (χ4v) is 5.04. The largest absolute Gasteiger partial charge is 0.378 e. The van der Waals surface area contributed by atoms with Crippen LogP contribution in [0.5, 0.6) is 0 Å². The minimum atomic E-state index is -0.971. The van der Waals surface area contributed by atoms with Crippen LogP contribution in [0.3, 0.4) is 0 Å². The molecule has 0 spiro atoms. The third-order valence-corrected chi connectivity index (χ3v) is 7.03. The molecule has 0 radical (unpaired) electrons. The number of piperidine rings is 1. The molecule has 0 aromatic heterocycles. The van der Waals surface area contributed by atoms with E-state index in [1.807, 2.05) is 43.3 Å². The average Bonchev–Trinajstić information content (AvgIpc) is 3.33. The Morgan fingerprint density at radius 1 is 1.03 bits per heavy atom. The quantitative estimate of drug-likeness (QED) is 0.658. The zero-order chi connectivity index (χ0) is 24.2. The first-order chi connectivity index (χ1) is 16.2. The molecule has 0 aliphatic carbocycles. The number of amides is 4. The molecule has 3 heterocycles. The highest BCUT2D eigenvalue weighted by molar-refractivity contribution is 6.23. The van der Waals surface area contributed by atoms with Gasteiger partial charge >= 0.3 is 0 Å². The molecule has 2 saturated heterocycles. The molecule has 176 valence electrons. The lowest BCUT2D eigenvalue weighted by molar-refractivity contribution is -0.136. The summed E-state index contributed by atoms with van der Waals surface area (Å²) in [5.74, 6) is -2.02. The molecule has 3 N–H and O–H groups in total. The van der Waals surface area contributed by atoms with E-state index in [1.165, 1.54) is 0 Å². The predicted octanol–water partition coefficient (Wildman–Crippen LogP) is 1.22. The van der Waals surface area contributed by atoms with E-state index in [1.54, 1.807) is 12.1 Å². The smallest absolute Gasteiger partial charge is 0.262 e. The highest BCUT2D eigenvalue weighted by Gasteiger charge is 2.45. The molecule has 2 fully saturated rings. The second-order valence-corrected chi connectivity index (χ2v) is 9.45. The maximum atomic E-state index is 13.1. The van der Waals surface area contributed by atoms with Gasteiger partial charge in [0.25, 0.3) is 11.8 Å². The van der Waals surface area contributed by atoms with E-state index in [0.717, 1.165) is 28.3 Å². The van der Waals surface area contributed by atoms with Crippen LogP contribution < -0.4 is 20.9 Å². The van der Waals surface area contributed by atoms with Crippen molar-refractivity contribution < 1.29 is 19.2 Å². The van der Waals surface area contributed by atoms with Crippen molar-refractivity contribution in [3.05, 3.63) is 59.2 Å². The number of nitrogens with zero attached hydrogens (tertiary/aromatic N) is 3. The van der Waals surface area contributed by atoms with Crippen LogP contribution in [0.4, 0.5) is 11.4 Å². The van der Waals surface area contributed by atoms with Crippen LogP contribution in [0.1, 0.15) is 45.5 Å². The van der Waals surface area contributed by atoms with E-state index in [2.05, 4.69) is 16.3 Å². The molecule has 9 nitrogen and oxygen atoms in total. The van der Waals surface area contributed by atoms with Gasteiger partial charge in [0, 0.05) is 45.0 Å². The van der Waals surface area contributed by atoms with Gasteiger partial charge in [0.15, 0.2) is 0 Å². The van der Waals surface area contributed by atoms with Gasteiger partial charge in [0.1, 0.15) is 6.04 Å². The van der Waals surface area contributed by atoms with Gasteiger partial charge < -0.3 is 15.5 Å². The van der Waals surface area contributed by atoms with E-state index in [9.17, 15) is 19.2 Å². The van der Waals surface area contributed by atoms with E-state index >= 15 is 0 Å². The minimum absolute atomic E-state index is 0.0937. The Hall–Kier alpha value is -3.72. The number of fused-ring (bicyclic) bond motifs is 1. The SMILES string of the molecule is CN(C)c1cccc(C2(N)CCN(c3ccc4c(c3)C(=O)N(C3CCC(=O)NC3=O)C4=O)C2)c1. The Morgan fingerprint density at radius 3 is 2.53 bits per heavy atom. The van der Waals surface area contributed by atoms with E-state index < -0.39 is 35.2 Å². The second-order valence-electron chi connectivity index (χ2n) is 9.45. The van der Waals surface area contributed by atoms with Gasteiger partial charge in [-0.1, -0.05) is 12.1 Å². The average molecular weight is 462 g/mol. The molecule has 0 saturated carbocycles. The first kappa shape index (κ1) is 22.1. The number of hydrogen-bond donors (Lipinski definition) is 2. The van der Waals surface area contributed by atoms with Gasteiger partial charge in [0.05, 0.1) is 16.7 Å². The van der Waals surface area contributed by atoms with Gasteiger partial charge in [0.2, 0.25) is 11.8 Å². The molecule has 9 heteroatoms. The molecule has 4 amide bonds. The van der Waals surface area contributed by atoms with Gasteiger partial charge in [-0.2, -0.15) is 0 Å². The second kappa shape index (κ2) is 7.95. The fourth-order valence-electron chi connectivity index (χ4n) is 5.04. The molecule has 5 rings (SSSR count). The summed E-state index contributed by atoms with van der Waals surface area (Å²) in [5.41, 5.74) is 9.77. The molecule has 2 atom stereocenters. The van der Waals surface area contributed by atoms with Crippen molar-refractivity contribution in [3.8, 4) is 0 Å². The number of hydrogen-bond acceptors (Lipinski definition) is 7. The van der Waals surface area contributed by atoms with Gasteiger partial charge in [-0.05, 0) is 48.7 Å². The molecule has 2 aromatic rings. The number of benzene rings is 2. The van der Waals surface area contributed by atoms with Gasteiger partial charge in [-0.15, -0.1) is 0 Å². The zero-order valence-corrected chi connectivity index (χ0v) is 19.2. The first-order valence-corrected chi connectivity index (χ1v) is 11.4. The third kappa shape index (κ3) is 3.52. The Kier molecular flexibility index (Phi) is 5.16. The number of imide groups is 2. The number of nitrogens with one attached hydrogen (secondary N) is 1. The topological polar surface area (TPSA) is 116 Å². The molecule has 2 unspecified atom stereocenters. The number of rotatable bonds is 4. The van der Waals surface area contributed by atoms with E-state index in [-0.39, 0.29) is 24.0 Å². The summed E-state index contributed by atoms with van der Waals surface area (Å²) < 4.78 is 0. The Balaban J connectivity index is 1.38. The normalized spacial score (nSPS) is 24.5. The number of anilines is 2. The van der Waals surface area contributed by atoms with E-state index in [0.29, 0.717) is 13.1 Å². The summed E-state index contributed by atoms with van der Waals surface area (Å²) in [6, 6.07) is 12.4. The summed E-state index contributed by atoms with van der Waals surface area (Å²) in [7, 11) is 3.98. The first-order valence-electron chi connectivity index (χ1n) is 11.4. The highest BCUT2D eigenvalue weighted by Crippen LogP contribution is 2.36. The van der Waals surface area contributed by atoms with Crippen LogP contribution in [-0.2, 0) is 15.1 Å². The van der Waals surface area contributed by atoms with Crippen molar-refractivity contribution in [2.75, 3.05) is 37.0 Å². The van der Waals surface area contributed by atoms with Gasteiger partial charge in [-0.25, -0.2) is 0 Å². The number of nitrogens with two attached hydrogens (primary N) is 1.